The van der Waals surface area contributed by atoms with Gasteiger partial charge in [-0.25, -0.2) is 0 Å². The van der Waals surface area contributed by atoms with Crippen LogP contribution in [-0.4, -0.2) is 60.2 Å². The summed E-state index contributed by atoms with van der Waals surface area (Å²) in [5.41, 5.74) is 2.54. The topological polar surface area (TPSA) is 92.9 Å². The number of methoxy groups -OCH3 is 1. The number of ether oxygens (including phenoxy) is 3. The second kappa shape index (κ2) is 10.7. The Morgan fingerprint density at radius 3 is 2.65 bits per heavy atom. The predicted molar refractivity (Wildman–Crippen MR) is 159 cm³/mol. The van der Waals surface area contributed by atoms with Crippen LogP contribution in [0.15, 0.2) is 27.2 Å². The molecule has 1 saturated carbocycles. The van der Waals surface area contributed by atoms with Crippen LogP contribution in [0.4, 0.5) is 0 Å². The number of thioether (sulfide) groups is 1. The molecule has 40 heavy (non-hydrogen) atoms. The molecule has 0 spiro atoms. The Morgan fingerprint density at radius 1 is 1.23 bits per heavy atom. The molecule has 2 aromatic heterocycles. The summed E-state index contributed by atoms with van der Waals surface area (Å²) in [6.45, 7) is 8.04. The molecule has 1 aromatic carbocycles. The zero-order chi connectivity index (χ0) is 28.2. The van der Waals surface area contributed by atoms with Crippen LogP contribution in [-0.2, 0) is 11.3 Å². The normalized spacial score (nSPS) is 24.8. The molecule has 0 radical (unpaired) electrons. The fraction of sp³-hybridized carbons (Fsp3) is 0.533. The van der Waals surface area contributed by atoms with Gasteiger partial charge in [0, 0.05) is 72.7 Å². The molecule has 1 aliphatic carbocycles. The molecule has 3 aliphatic rings. The van der Waals surface area contributed by atoms with Gasteiger partial charge in [-0.2, -0.15) is 0 Å². The van der Waals surface area contributed by atoms with E-state index in [4.69, 9.17) is 14.2 Å². The van der Waals surface area contributed by atoms with E-state index in [9.17, 15) is 9.59 Å². The minimum atomic E-state index is -0.769. The molecule has 10 heteroatoms. The zero-order valence-electron chi connectivity index (χ0n) is 23.7. The minimum Gasteiger partial charge on any atom is -0.448 e. The van der Waals surface area contributed by atoms with Gasteiger partial charge in [0.15, 0.2) is 11.5 Å². The standard InChI is InChI=1S/C30H37N3O5S2/c1-16-12-23(39-5)22(28(34)32-16)13-31-29(35)24-17(2)25-26(21-10-11-40-27(21)24)38-30(3,37-25)18-6-8-19(9-7-18)33-14-20(15-33)36-4/h10-12,18-20H,6-9,13-15H2,1-5H3,(H,31,35)(H,32,34)/t18?,19?,30-/m1/s1. The number of likely N-dealkylation sites (tertiary alicyclic amines) is 1. The van der Waals surface area contributed by atoms with Crippen molar-refractivity contribution < 1.29 is 19.0 Å². The van der Waals surface area contributed by atoms with Crippen LogP contribution in [0, 0.1) is 19.8 Å². The Bertz CT molecular complexity index is 1500. The summed E-state index contributed by atoms with van der Waals surface area (Å²) >= 11 is 3.02. The van der Waals surface area contributed by atoms with Gasteiger partial charge in [-0.15, -0.1) is 23.1 Å². The summed E-state index contributed by atoms with van der Waals surface area (Å²) in [6.07, 6.45) is 6.62. The molecule has 1 saturated heterocycles. The van der Waals surface area contributed by atoms with Gasteiger partial charge in [0.2, 0.25) is 0 Å². The first-order valence-electron chi connectivity index (χ1n) is 14.0. The van der Waals surface area contributed by atoms with Crippen molar-refractivity contribution >= 4 is 39.1 Å². The summed E-state index contributed by atoms with van der Waals surface area (Å²) in [5.74, 6) is 0.666. The van der Waals surface area contributed by atoms with E-state index in [2.05, 4.69) is 15.2 Å². The summed E-state index contributed by atoms with van der Waals surface area (Å²) in [6, 6.07) is 4.54. The molecule has 214 valence electrons. The van der Waals surface area contributed by atoms with Crippen LogP contribution in [0.3, 0.4) is 0 Å². The Labute approximate surface area is 242 Å². The molecular weight excluding hydrogens is 546 g/mol. The van der Waals surface area contributed by atoms with Crippen molar-refractivity contribution in [2.24, 2.45) is 5.92 Å². The average Bonchev–Trinajstić information content (AvgIpc) is 3.53. The van der Waals surface area contributed by atoms with E-state index >= 15 is 0 Å². The number of nitrogens with one attached hydrogen (secondary N) is 2. The molecule has 3 aromatic rings. The maximum absolute atomic E-state index is 13.6. The maximum Gasteiger partial charge on any atom is 0.254 e. The number of benzene rings is 1. The second-order valence-electron chi connectivity index (χ2n) is 11.4. The number of amides is 1. The van der Waals surface area contributed by atoms with Crippen LogP contribution in [0.5, 0.6) is 11.5 Å². The fourth-order valence-electron chi connectivity index (χ4n) is 6.52. The first-order valence-corrected chi connectivity index (χ1v) is 16.1. The summed E-state index contributed by atoms with van der Waals surface area (Å²) in [4.78, 5) is 32.5. The molecule has 4 heterocycles. The largest absolute Gasteiger partial charge is 0.448 e. The molecule has 0 unspecified atom stereocenters. The van der Waals surface area contributed by atoms with Crippen molar-refractivity contribution in [1.82, 2.24) is 15.2 Å². The van der Waals surface area contributed by atoms with Crippen LogP contribution in [0.2, 0.25) is 0 Å². The van der Waals surface area contributed by atoms with Gasteiger partial charge in [0.1, 0.15) is 0 Å². The number of carbonyl (C=O) groups excluding carboxylic acids is 1. The number of thiophene rings is 1. The molecule has 0 bridgehead atoms. The van der Waals surface area contributed by atoms with Gasteiger partial charge in [-0.1, -0.05) is 0 Å². The number of aryl methyl sites for hydroxylation is 1. The monoisotopic (exact) mass is 583 g/mol. The highest BCUT2D eigenvalue weighted by atomic mass is 32.2. The number of aromatic amines is 1. The van der Waals surface area contributed by atoms with Gasteiger partial charge in [0.25, 0.3) is 17.3 Å². The Hall–Kier alpha value is -2.53. The Balaban J connectivity index is 1.21. The third kappa shape index (κ3) is 4.72. The van der Waals surface area contributed by atoms with Crippen molar-refractivity contribution in [1.29, 1.82) is 0 Å². The fourth-order valence-corrected chi connectivity index (χ4v) is 8.22. The van der Waals surface area contributed by atoms with Gasteiger partial charge in [-0.05, 0) is 63.3 Å². The zero-order valence-corrected chi connectivity index (χ0v) is 25.4. The van der Waals surface area contributed by atoms with E-state index in [1.165, 1.54) is 23.1 Å². The SMILES string of the molecule is COC1CN(C2CCC([C@]3(C)Oc4c(C)c(C(=O)NCc5c(SC)cc(C)[nH]c5=O)c5sccc5c4O3)CC2)C1. The van der Waals surface area contributed by atoms with Crippen LogP contribution in [0.25, 0.3) is 10.1 Å². The lowest BCUT2D eigenvalue weighted by Gasteiger charge is -2.47. The quantitative estimate of drug-likeness (QED) is 0.368. The first-order chi connectivity index (χ1) is 19.2. The number of aromatic nitrogens is 1. The molecule has 2 fully saturated rings. The van der Waals surface area contributed by atoms with E-state index in [1.54, 1.807) is 7.11 Å². The highest BCUT2D eigenvalue weighted by Crippen LogP contribution is 2.53. The molecule has 1 atom stereocenters. The second-order valence-corrected chi connectivity index (χ2v) is 13.1. The molecule has 6 rings (SSSR count). The first kappa shape index (κ1) is 27.6. The summed E-state index contributed by atoms with van der Waals surface area (Å²) < 4.78 is 19.6. The number of rotatable bonds is 7. The van der Waals surface area contributed by atoms with Crippen molar-refractivity contribution in [2.75, 3.05) is 26.5 Å². The van der Waals surface area contributed by atoms with Crippen LogP contribution in [0.1, 0.15) is 59.8 Å². The molecule has 8 nitrogen and oxygen atoms in total. The van der Waals surface area contributed by atoms with Crippen molar-refractivity contribution in [3.63, 3.8) is 0 Å². The van der Waals surface area contributed by atoms with Crippen molar-refractivity contribution in [3.8, 4) is 11.5 Å². The van der Waals surface area contributed by atoms with Gasteiger partial charge in [0.05, 0.1) is 16.4 Å². The third-order valence-electron chi connectivity index (χ3n) is 8.93. The number of hydrogen-bond donors (Lipinski definition) is 2. The maximum atomic E-state index is 13.6. The van der Waals surface area contributed by atoms with Gasteiger partial charge < -0.3 is 24.5 Å². The van der Waals surface area contributed by atoms with E-state index in [0.29, 0.717) is 29.0 Å². The highest BCUT2D eigenvalue weighted by Gasteiger charge is 2.48. The lowest BCUT2D eigenvalue weighted by molar-refractivity contribution is -0.129. The third-order valence-corrected chi connectivity index (χ3v) is 10.7. The number of nitrogens with zero attached hydrogens (tertiary/aromatic N) is 1. The molecule has 1 amide bonds. The highest BCUT2D eigenvalue weighted by molar-refractivity contribution is 7.98. The lowest BCUT2D eigenvalue weighted by Crippen LogP contribution is -2.57. The van der Waals surface area contributed by atoms with E-state index in [0.717, 1.165) is 70.8 Å². The van der Waals surface area contributed by atoms with Crippen molar-refractivity contribution in [2.45, 2.75) is 75.8 Å². The Morgan fingerprint density at radius 2 is 1.95 bits per heavy atom. The predicted octanol–water partition coefficient (Wildman–Crippen LogP) is 5.24. The number of carbonyl (C=O) groups is 1. The average molecular weight is 584 g/mol. The van der Waals surface area contributed by atoms with Crippen LogP contribution >= 0.6 is 23.1 Å². The molecule has 2 aliphatic heterocycles. The smallest absolute Gasteiger partial charge is 0.254 e. The minimum absolute atomic E-state index is 0.147. The number of H-pyrrole nitrogens is 1. The summed E-state index contributed by atoms with van der Waals surface area (Å²) in [7, 11) is 1.79. The number of fused-ring (bicyclic) bond motifs is 3. The lowest BCUT2D eigenvalue weighted by atomic mass is 9.80. The Kier molecular flexibility index (Phi) is 7.39. The number of hydrogen-bond acceptors (Lipinski definition) is 8. The number of pyridine rings is 1. The molecular formula is C30H37N3O5S2. The van der Waals surface area contributed by atoms with E-state index in [-0.39, 0.29) is 23.9 Å². The van der Waals surface area contributed by atoms with E-state index in [1.807, 2.05) is 44.5 Å². The van der Waals surface area contributed by atoms with E-state index < -0.39 is 5.79 Å². The molecule has 2 N–H and O–H groups in total. The van der Waals surface area contributed by atoms with Gasteiger partial charge >= 0.3 is 0 Å². The van der Waals surface area contributed by atoms with Crippen LogP contribution < -0.4 is 20.3 Å². The summed E-state index contributed by atoms with van der Waals surface area (Å²) in [5, 5.41) is 5.90. The van der Waals surface area contributed by atoms with Crippen molar-refractivity contribution in [3.05, 3.63) is 50.3 Å². The van der Waals surface area contributed by atoms with Gasteiger partial charge in [-0.3, -0.25) is 14.5 Å².